The molecule has 3 heteroatoms. The van der Waals surface area contributed by atoms with Gasteiger partial charge in [0.2, 0.25) is 0 Å². The molecule has 2 N–H and O–H groups in total. The molecule has 0 aromatic rings. The zero-order chi connectivity index (χ0) is 12.5. The summed E-state index contributed by atoms with van der Waals surface area (Å²) in [5.41, 5.74) is 6.42. The van der Waals surface area contributed by atoms with E-state index in [2.05, 4.69) is 37.6 Å². The average molecular weight is 256 g/mol. The molecule has 2 fully saturated rings. The van der Waals surface area contributed by atoms with E-state index < -0.39 is 0 Å². The van der Waals surface area contributed by atoms with Gasteiger partial charge in [-0.1, -0.05) is 26.7 Å². The van der Waals surface area contributed by atoms with E-state index in [0.29, 0.717) is 5.25 Å². The van der Waals surface area contributed by atoms with Crippen molar-refractivity contribution in [2.45, 2.75) is 62.8 Å². The van der Waals surface area contributed by atoms with Crippen LogP contribution in [0.3, 0.4) is 0 Å². The van der Waals surface area contributed by atoms with Gasteiger partial charge in [0.15, 0.2) is 0 Å². The van der Waals surface area contributed by atoms with Crippen molar-refractivity contribution >= 4 is 11.8 Å². The smallest absolute Gasteiger partial charge is 0.0455 e. The van der Waals surface area contributed by atoms with Crippen molar-refractivity contribution in [1.29, 1.82) is 0 Å². The number of rotatable bonds is 3. The quantitative estimate of drug-likeness (QED) is 0.842. The summed E-state index contributed by atoms with van der Waals surface area (Å²) in [6.07, 6.45) is 6.84. The number of nitrogens with two attached hydrogens (primary N) is 1. The second-order valence-corrected chi connectivity index (χ2v) is 7.56. The molecule has 2 rings (SSSR count). The lowest BCUT2D eigenvalue weighted by atomic mass is 9.82. The molecule has 100 valence electrons. The molecule has 0 amide bonds. The molecule has 4 unspecified atom stereocenters. The van der Waals surface area contributed by atoms with Gasteiger partial charge >= 0.3 is 0 Å². The van der Waals surface area contributed by atoms with Crippen LogP contribution in [0.25, 0.3) is 0 Å². The third kappa shape index (κ3) is 2.52. The molecule has 0 aromatic carbocycles. The fourth-order valence-electron chi connectivity index (χ4n) is 3.76. The lowest BCUT2D eigenvalue weighted by Gasteiger charge is -2.47. The lowest BCUT2D eigenvalue weighted by molar-refractivity contribution is 0.0499. The van der Waals surface area contributed by atoms with E-state index in [-0.39, 0.29) is 5.54 Å². The molecule has 1 aliphatic carbocycles. The van der Waals surface area contributed by atoms with Crippen LogP contribution in [0, 0.1) is 5.92 Å². The van der Waals surface area contributed by atoms with Gasteiger partial charge in [-0.25, -0.2) is 0 Å². The van der Waals surface area contributed by atoms with Crippen LogP contribution >= 0.6 is 11.8 Å². The average Bonchev–Trinajstić information content (AvgIpc) is 2.70. The predicted molar refractivity (Wildman–Crippen MR) is 77.5 cm³/mol. The van der Waals surface area contributed by atoms with Crippen LogP contribution in [0.1, 0.15) is 46.0 Å². The van der Waals surface area contributed by atoms with Crippen LogP contribution in [0.4, 0.5) is 0 Å². The Morgan fingerprint density at radius 3 is 2.65 bits per heavy atom. The summed E-state index contributed by atoms with van der Waals surface area (Å²) >= 11 is 2.10. The van der Waals surface area contributed by atoms with Crippen LogP contribution in [-0.2, 0) is 0 Å². The Balaban J connectivity index is 2.08. The fourth-order valence-corrected chi connectivity index (χ4v) is 5.28. The Hall–Kier alpha value is 0.270. The molecular weight excluding hydrogens is 228 g/mol. The molecule has 1 saturated heterocycles. The van der Waals surface area contributed by atoms with Gasteiger partial charge in [-0.15, -0.1) is 0 Å². The second-order valence-electron chi connectivity index (χ2n) is 6.11. The molecule has 1 saturated carbocycles. The Bertz CT molecular complexity index is 259. The maximum atomic E-state index is 6.15. The summed E-state index contributed by atoms with van der Waals surface area (Å²) in [6, 6.07) is 0.767. The monoisotopic (exact) mass is 256 g/mol. The van der Waals surface area contributed by atoms with Gasteiger partial charge in [0.05, 0.1) is 0 Å². The molecule has 4 atom stereocenters. The van der Waals surface area contributed by atoms with Crippen molar-refractivity contribution in [2.24, 2.45) is 11.7 Å². The Labute approximate surface area is 111 Å². The van der Waals surface area contributed by atoms with E-state index in [4.69, 9.17) is 5.73 Å². The topological polar surface area (TPSA) is 29.3 Å². The van der Waals surface area contributed by atoms with Crippen LogP contribution in [0.5, 0.6) is 0 Å². The van der Waals surface area contributed by atoms with E-state index in [1.807, 2.05) is 0 Å². The van der Waals surface area contributed by atoms with E-state index >= 15 is 0 Å². The summed E-state index contributed by atoms with van der Waals surface area (Å²) in [6.45, 7) is 5.60. The summed E-state index contributed by atoms with van der Waals surface area (Å²) in [7, 11) is 2.33. The van der Waals surface area contributed by atoms with E-state index in [1.165, 1.54) is 37.9 Å². The summed E-state index contributed by atoms with van der Waals surface area (Å²) in [5, 5.41) is 0.690. The molecule has 0 bridgehead atoms. The minimum absolute atomic E-state index is 0.270. The van der Waals surface area contributed by atoms with Crippen LogP contribution in [0.2, 0.25) is 0 Å². The van der Waals surface area contributed by atoms with E-state index in [9.17, 15) is 0 Å². The standard InChI is InChI=1S/C14H28N2S/c1-11-5-4-6-13(9-11)16(3)14(10-15)7-8-17-12(14)2/h11-13H,4-10,15H2,1-3H3. The van der Waals surface area contributed by atoms with Gasteiger partial charge in [-0.05, 0) is 38.0 Å². The molecule has 0 spiro atoms. The molecule has 1 aliphatic heterocycles. The normalized spacial score (nSPS) is 43.2. The zero-order valence-corrected chi connectivity index (χ0v) is 12.4. The highest BCUT2D eigenvalue weighted by Crippen LogP contribution is 2.42. The number of likely N-dealkylation sites (N-methyl/N-ethyl adjacent to an activating group) is 1. The maximum absolute atomic E-state index is 6.15. The van der Waals surface area contributed by atoms with Crippen molar-refractivity contribution in [3.63, 3.8) is 0 Å². The highest BCUT2D eigenvalue weighted by molar-refractivity contribution is 8.00. The van der Waals surface area contributed by atoms with Crippen LogP contribution < -0.4 is 5.73 Å². The summed E-state index contributed by atoms with van der Waals surface area (Å²) in [5.74, 6) is 2.18. The zero-order valence-electron chi connectivity index (χ0n) is 11.6. The fraction of sp³-hybridized carbons (Fsp3) is 1.00. The minimum Gasteiger partial charge on any atom is -0.329 e. The second kappa shape index (κ2) is 5.50. The molecule has 2 aliphatic rings. The lowest BCUT2D eigenvalue weighted by Crippen LogP contribution is -2.59. The third-order valence-corrected chi connectivity index (χ3v) is 6.55. The SMILES string of the molecule is CC1CCCC(N(C)C2(CN)CCSC2C)C1. The Morgan fingerprint density at radius 1 is 1.35 bits per heavy atom. The van der Waals surface area contributed by atoms with Crippen molar-refractivity contribution in [3.8, 4) is 0 Å². The van der Waals surface area contributed by atoms with Crippen molar-refractivity contribution in [2.75, 3.05) is 19.3 Å². The first-order valence-electron chi connectivity index (χ1n) is 7.15. The highest BCUT2D eigenvalue weighted by Gasteiger charge is 2.45. The van der Waals surface area contributed by atoms with Crippen molar-refractivity contribution < 1.29 is 0 Å². The van der Waals surface area contributed by atoms with Gasteiger partial charge in [0.25, 0.3) is 0 Å². The molecule has 17 heavy (non-hydrogen) atoms. The summed E-state index contributed by atoms with van der Waals surface area (Å²) in [4.78, 5) is 2.66. The first kappa shape index (κ1) is 13.7. The van der Waals surface area contributed by atoms with E-state index in [0.717, 1.165) is 18.5 Å². The molecule has 2 nitrogen and oxygen atoms in total. The first-order chi connectivity index (χ1) is 8.10. The van der Waals surface area contributed by atoms with Crippen molar-refractivity contribution in [1.82, 2.24) is 4.90 Å². The number of thioether (sulfide) groups is 1. The molecule has 0 aromatic heterocycles. The van der Waals surface area contributed by atoms with Crippen molar-refractivity contribution in [3.05, 3.63) is 0 Å². The Kier molecular flexibility index (Phi) is 4.43. The number of hydrogen-bond acceptors (Lipinski definition) is 3. The molecule has 1 heterocycles. The van der Waals surface area contributed by atoms with Gasteiger partial charge in [0, 0.05) is 23.4 Å². The van der Waals surface area contributed by atoms with Gasteiger partial charge in [-0.2, -0.15) is 11.8 Å². The van der Waals surface area contributed by atoms with Gasteiger partial charge in [0.1, 0.15) is 0 Å². The number of hydrogen-bond donors (Lipinski definition) is 1. The minimum atomic E-state index is 0.270. The predicted octanol–water partition coefficient (Wildman–Crippen LogP) is 2.72. The highest BCUT2D eigenvalue weighted by atomic mass is 32.2. The third-order valence-electron chi connectivity index (χ3n) is 5.17. The van der Waals surface area contributed by atoms with Crippen LogP contribution in [-0.4, -0.2) is 41.1 Å². The van der Waals surface area contributed by atoms with Gasteiger partial charge < -0.3 is 5.73 Å². The molecule has 0 radical (unpaired) electrons. The number of nitrogens with zero attached hydrogens (tertiary/aromatic N) is 1. The Morgan fingerprint density at radius 2 is 2.12 bits per heavy atom. The van der Waals surface area contributed by atoms with Gasteiger partial charge in [-0.3, -0.25) is 4.90 Å². The molecular formula is C14H28N2S. The van der Waals surface area contributed by atoms with E-state index in [1.54, 1.807) is 0 Å². The largest absolute Gasteiger partial charge is 0.329 e. The van der Waals surface area contributed by atoms with Crippen LogP contribution in [0.15, 0.2) is 0 Å². The maximum Gasteiger partial charge on any atom is 0.0455 e. The first-order valence-corrected chi connectivity index (χ1v) is 8.19. The summed E-state index contributed by atoms with van der Waals surface area (Å²) < 4.78 is 0.